The first kappa shape index (κ1) is 18.1. The molecule has 0 aliphatic rings. The van der Waals surface area contributed by atoms with Crippen molar-refractivity contribution in [1.82, 2.24) is 19.7 Å². The highest BCUT2D eigenvalue weighted by atomic mass is 32.1. The summed E-state index contributed by atoms with van der Waals surface area (Å²) in [6.07, 6.45) is 3.36. The predicted molar refractivity (Wildman–Crippen MR) is 112 cm³/mol. The second-order valence-electron chi connectivity index (χ2n) is 6.68. The second-order valence-corrected chi connectivity index (χ2v) is 7.72. The van der Waals surface area contributed by atoms with Gasteiger partial charge in [0, 0.05) is 24.7 Å². The second kappa shape index (κ2) is 7.40. The summed E-state index contributed by atoms with van der Waals surface area (Å²) in [5.41, 5.74) is 2.67. The van der Waals surface area contributed by atoms with E-state index in [0.717, 1.165) is 16.9 Å². The van der Waals surface area contributed by atoms with Crippen molar-refractivity contribution in [3.05, 3.63) is 64.2 Å². The molecule has 7 nitrogen and oxygen atoms in total. The van der Waals surface area contributed by atoms with E-state index in [2.05, 4.69) is 26.4 Å². The van der Waals surface area contributed by atoms with Crippen LogP contribution in [-0.4, -0.2) is 39.8 Å². The number of carbonyl (C=O) groups excluding carboxylic acids is 1. The van der Waals surface area contributed by atoms with Gasteiger partial charge in [-0.05, 0) is 36.6 Å². The van der Waals surface area contributed by atoms with Crippen molar-refractivity contribution in [3.8, 4) is 0 Å². The zero-order valence-electron chi connectivity index (χ0n) is 15.9. The number of aryl methyl sites for hydroxylation is 1. The molecule has 0 aliphatic carbocycles. The highest BCUT2D eigenvalue weighted by molar-refractivity contribution is 7.09. The lowest BCUT2D eigenvalue weighted by atomic mass is 10.1. The van der Waals surface area contributed by atoms with Gasteiger partial charge in [0.2, 0.25) is 0 Å². The maximum absolute atomic E-state index is 12.9. The molecule has 142 valence electrons. The van der Waals surface area contributed by atoms with Gasteiger partial charge in [-0.15, -0.1) is 11.3 Å². The van der Waals surface area contributed by atoms with E-state index in [0.29, 0.717) is 23.4 Å². The molecule has 0 bridgehead atoms. The van der Waals surface area contributed by atoms with E-state index in [-0.39, 0.29) is 5.91 Å². The third-order valence-electron chi connectivity index (χ3n) is 4.33. The third kappa shape index (κ3) is 3.59. The van der Waals surface area contributed by atoms with Crippen LogP contribution in [0.5, 0.6) is 0 Å². The van der Waals surface area contributed by atoms with Crippen molar-refractivity contribution in [2.45, 2.75) is 13.5 Å². The molecule has 1 amide bonds. The van der Waals surface area contributed by atoms with E-state index in [4.69, 9.17) is 0 Å². The van der Waals surface area contributed by atoms with Gasteiger partial charge in [-0.2, -0.15) is 5.10 Å². The van der Waals surface area contributed by atoms with Crippen LogP contribution >= 0.6 is 11.3 Å². The van der Waals surface area contributed by atoms with Crippen molar-refractivity contribution in [2.75, 3.05) is 24.3 Å². The van der Waals surface area contributed by atoms with Crippen LogP contribution in [0.1, 0.15) is 20.9 Å². The molecule has 0 saturated carbocycles. The van der Waals surface area contributed by atoms with E-state index in [9.17, 15) is 4.79 Å². The minimum atomic E-state index is -0.203. The first-order chi connectivity index (χ1) is 13.5. The Morgan fingerprint density at radius 2 is 2.11 bits per heavy atom. The summed E-state index contributed by atoms with van der Waals surface area (Å²) >= 11 is 1.67. The number of thiophene rings is 1. The number of amides is 1. The van der Waals surface area contributed by atoms with Gasteiger partial charge in [0.05, 0.1) is 35.6 Å². The fourth-order valence-electron chi connectivity index (χ4n) is 2.95. The fourth-order valence-corrected chi connectivity index (χ4v) is 3.64. The lowest BCUT2D eigenvalue weighted by Gasteiger charge is -2.12. The molecule has 0 spiro atoms. The number of fused-ring (bicyclic) bond motifs is 1. The molecule has 0 saturated heterocycles. The molecule has 0 aromatic carbocycles. The van der Waals surface area contributed by atoms with Crippen molar-refractivity contribution >= 4 is 39.8 Å². The lowest BCUT2D eigenvalue weighted by molar-refractivity contribution is 0.102. The predicted octanol–water partition coefficient (Wildman–Crippen LogP) is 3.56. The summed E-state index contributed by atoms with van der Waals surface area (Å²) < 4.78 is 1.83. The van der Waals surface area contributed by atoms with Gasteiger partial charge in [0.15, 0.2) is 5.65 Å². The zero-order valence-corrected chi connectivity index (χ0v) is 16.7. The van der Waals surface area contributed by atoms with Crippen LogP contribution in [0.15, 0.2) is 48.1 Å². The van der Waals surface area contributed by atoms with Crippen LogP contribution in [0.25, 0.3) is 11.0 Å². The fraction of sp³-hybridized carbons (Fsp3) is 0.200. The number of nitrogens with one attached hydrogen (secondary N) is 1. The number of rotatable bonds is 5. The van der Waals surface area contributed by atoms with Crippen LogP contribution < -0.4 is 10.2 Å². The Morgan fingerprint density at radius 3 is 2.79 bits per heavy atom. The van der Waals surface area contributed by atoms with Gasteiger partial charge in [0.25, 0.3) is 5.91 Å². The number of aromatic nitrogens is 4. The summed E-state index contributed by atoms with van der Waals surface area (Å²) in [5, 5.41) is 10.1. The Labute approximate surface area is 166 Å². The minimum Gasteiger partial charge on any atom is -0.363 e. The monoisotopic (exact) mass is 392 g/mol. The Morgan fingerprint density at radius 1 is 1.25 bits per heavy atom. The van der Waals surface area contributed by atoms with E-state index < -0.39 is 0 Å². The molecule has 0 atom stereocenters. The number of pyridine rings is 2. The number of carbonyl (C=O) groups is 1. The van der Waals surface area contributed by atoms with Crippen LogP contribution in [0, 0.1) is 6.92 Å². The Bertz CT molecular complexity index is 1120. The maximum Gasteiger partial charge on any atom is 0.256 e. The van der Waals surface area contributed by atoms with Gasteiger partial charge in [-0.3, -0.25) is 4.79 Å². The molecule has 4 aromatic rings. The smallest absolute Gasteiger partial charge is 0.256 e. The summed E-state index contributed by atoms with van der Waals surface area (Å²) in [4.78, 5) is 24.9. The summed E-state index contributed by atoms with van der Waals surface area (Å²) in [6, 6.07) is 9.56. The molecule has 4 heterocycles. The molecule has 0 aliphatic heterocycles. The number of anilines is 2. The molecule has 1 N–H and O–H groups in total. The maximum atomic E-state index is 12.9. The molecular formula is C20H20N6OS. The SMILES string of the molecule is Cc1cc(C(=O)Nc2ccc(N(C)C)nc2)c2cnn(Cc3cccs3)c2n1. The van der Waals surface area contributed by atoms with Gasteiger partial charge < -0.3 is 10.2 Å². The average Bonchev–Trinajstić information content (AvgIpc) is 3.32. The van der Waals surface area contributed by atoms with Gasteiger partial charge in [0.1, 0.15) is 5.82 Å². The highest BCUT2D eigenvalue weighted by Gasteiger charge is 2.16. The minimum absolute atomic E-state index is 0.203. The third-order valence-corrected chi connectivity index (χ3v) is 5.19. The molecule has 4 aromatic heterocycles. The van der Waals surface area contributed by atoms with Gasteiger partial charge >= 0.3 is 0 Å². The van der Waals surface area contributed by atoms with Crippen molar-refractivity contribution < 1.29 is 4.79 Å². The molecule has 8 heteroatoms. The molecule has 28 heavy (non-hydrogen) atoms. The van der Waals surface area contributed by atoms with Crippen molar-refractivity contribution in [1.29, 1.82) is 0 Å². The van der Waals surface area contributed by atoms with E-state index >= 15 is 0 Å². The normalized spacial score (nSPS) is 11.0. The average molecular weight is 392 g/mol. The van der Waals surface area contributed by atoms with Gasteiger partial charge in [-0.25, -0.2) is 14.6 Å². The first-order valence-corrected chi connectivity index (χ1v) is 9.69. The Hall–Kier alpha value is -3.26. The first-order valence-electron chi connectivity index (χ1n) is 8.81. The van der Waals surface area contributed by atoms with Gasteiger partial charge in [-0.1, -0.05) is 6.07 Å². The van der Waals surface area contributed by atoms with E-state index in [1.165, 1.54) is 4.88 Å². The number of nitrogens with zero attached hydrogens (tertiary/aromatic N) is 5. The lowest BCUT2D eigenvalue weighted by Crippen LogP contribution is -2.14. The van der Waals surface area contributed by atoms with Crippen LogP contribution in [0.4, 0.5) is 11.5 Å². The molecule has 0 unspecified atom stereocenters. The van der Waals surface area contributed by atoms with Crippen molar-refractivity contribution in [3.63, 3.8) is 0 Å². The summed E-state index contributed by atoms with van der Waals surface area (Å²) in [5.74, 6) is 0.626. The van der Waals surface area contributed by atoms with E-state index in [1.807, 2.05) is 54.2 Å². The largest absolute Gasteiger partial charge is 0.363 e. The van der Waals surface area contributed by atoms with Crippen LogP contribution in [0.3, 0.4) is 0 Å². The molecule has 4 rings (SSSR count). The number of hydrogen-bond donors (Lipinski definition) is 1. The highest BCUT2D eigenvalue weighted by Crippen LogP contribution is 2.22. The zero-order chi connectivity index (χ0) is 19.7. The topological polar surface area (TPSA) is 75.9 Å². The molecule has 0 radical (unpaired) electrons. The standard InChI is InChI=1S/C20H20N6OS/c1-13-9-16(20(27)24-14-6-7-18(21-10-14)25(2)3)17-11-22-26(19(17)23-13)12-15-5-4-8-28-15/h4-11H,12H2,1-3H3,(H,24,27). The quantitative estimate of drug-likeness (QED) is 0.562. The number of hydrogen-bond acceptors (Lipinski definition) is 6. The summed E-state index contributed by atoms with van der Waals surface area (Å²) in [7, 11) is 3.84. The van der Waals surface area contributed by atoms with Crippen molar-refractivity contribution in [2.24, 2.45) is 0 Å². The summed E-state index contributed by atoms with van der Waals surface area (Å²) in [6.45, 7) is 2.51. The Balaban J connectivity index is 1.64. The van der Waals surface area contributed by atoms with E-state index in [1.54, 1.807) is 29.8 Å². The van der Waals surface area contributed by atoms with Crippen LogP contribution in [0.2, 0.25) is 0 Å². The molecular weight excluding hydrogens is 372 g/mol. The van der Waals surface area contributed by atoms with Crippen LogP contribution in [-0.2, 0) is 6.54 Å². The molecule has 0 fully saturated rings. The Kier molecular flexibility index (Phi) is 4.79.